The number of likely N-dealkylation sites (tertiary alicyclic amines) is 1. The highest BCUT2D eigenvalue weighted by Gasteiger charge is 2.33. The summed E-state index contributed by atoms with van der Waals surface area (Å²) in [6.45, 7) is 3.63. The number of aliphatic hydroxyl groups is 1. The SMILES string of the molecule is CCC1(CO)CCN(C(=O)/C=C/c2ccc(C(N)=O)cc2)CC1. The third-order valence-corrected chi connectivity index (χ3v) is 4.83. The number of piperidine rings is 1. The van der Waals surface area contributed by atoms with E-state index >= 15 is 0 Å². The quantitative estimate of drug-likeness (QED) is 0.813. The molecule has 0 bridgehead atoms. The Kier molecular flexibility index (Phi) is 5.55. The van der Waals surface area contributed by atoms with E-state index in [2.05, 4.69) is 6.92 Å². The van der Waals surface area contributed by atoms with Crippen LogP contribution in [0.2, 0.25) is 0 Å². The molecule has 0 spiro atoms. The number of carbonyl (C=O) groups excluding carboxylic acids is 2. The van der Waals surface area contributed by atoms with Crippen molar-refractivity contribution in [2.75, 3.05) is 19.7 Å². The molecule has 2 amide bonds. The van der Waals surface area contributed by atoms with Crippen LogP contribution in [0.1, 0.15) is 42.1 Å². The first-order valence-electron chi connectivity index (χ1n) is 7.97. The van der Waals surface area contributed by atoms with Crippen molar-refractivity contribution in [1.82, 2.24) is 4.90 Å². The average molecular weight is 316 g/mol. The second-order valence-electron chi connectivity index (χ2n) is 6.16. The van der Waals surface area contributed by atoms with Crippen LogP contribution in [0, 0.1) is 5.41 Å². The monoisotopic (exact) mass is 316 g/mol. The van der Waals surface area contributed by atoms with Gasteiger partial charge in [0.1, 0.15) is 0 Å². The Hall–Kier alpha value is -2.14. The highest BCUT2D eigenvalue weighted by Crippen LogP contribution is 2.34. The molecular formula is C18H24N2O3. The number of carbonyl (C=O) groups is 2. The molecule has 23 heavy (non-hydrogen) atoms. The molecule has 3 N–H and O–H groups in total. The van der Waals surface area contributed by atoms with Gasteiger partial charge in [0.15, 0.2) is 0 Å². The molecule has 1 fully saturated rings. The lowest BCUT2D eigenvalue weighted by atomic mass is 9.77. The van der Waals surface area contributed by atoms with Crippen molar-refractivity contribution in [2.45, 2.75) is 26.2 Å². The number of amides is 2. The Morgan fingerprint density at radius 3 is 2.35 bits per heavy atom. The van der Waals surface area contributed by atoms with Crippen molar-refractivity contribution < 1.29 is 14.7 Å². The second-order valence-corrected chi connectivity index (χ2v) is 6.16. The Labute approximate surface area is 136 Å². The van der Waals surface area contributed by atoms with Crippen LogP contribution in [0.5, 0.6) is 0 Å². The number of nitrogens with zero attached hydrogens (tertiary/aromatic N) is 1. The molecule has 5 heteroatoms. The molecule has 0 unspecified atom stereocenters. The number of primary amides is 1. The molecular weight excluding hydrogens is 292 g/mol. The lowest BCUT2D eigenvalue weighted by Crippen LogP contribution is -2.43. The van der Waals surface area contributed by atoms with Gasteiger partial charge in [0.25, 0.3) is 0 Å². The zero-order valence-electron chi connectivity index (χ0n) is 13.5. The van der Waals surface area contributed by atoms with Crippen molar-refractivity contribution in [2.24, 2.45) is 11.1 Å². The minimum Gasteiger partial charge on any atom is -0.396 e. The number of benzene rings is 1. The van der Waals surface area contributed by atoms with E-state index in [1.54, 1.807) is 36.4 Å². The number of rotatable bonds is 5. The summed E-state index contributed by atoms with van der Waals surface area (Å²) in [7, 11) is 0. The Morgan fingerprint density at radius 2 is 1.87 bits per heavy atom. The fourth-order valence-electron chi connectivity index (χ4n) is 2.86. The third-order valence-electron chi connectivity index (χ3n) is 4.83. The Morgan fingerprint density at radius 1 is 1.26 bits per heavy atom. The third kappa shape index (κ3) is 4.20. The van der Waals surface area contributed by atoms with Gasteiger partial charge in [-0.1, -0.05) is 19.1 Å². The topological polar surface area (TPSA) is 83.6 Å². The van der Waals surface area contributed by atoms with Crippen molar-refractivity contribution in [3.8, 4) is 0 Å². The molecule has 0 saturated carbocycles. The fourth-order valence-corrected chi connectivity index (χ4v) is 2.86. The fraction of sp³-hybridized carbons (Fsp3) is 0.444. The highest BCUT2D eigenvalue weighted by molar-refractivity contribution is 5.94. The largest absolute Gasteiger partial charge is 0.396 e. The number of aliphatic hydroxyl groups excluding tert-OH is 1. The first-order valence-corrected chi connectivity index (χ1v) is 7.97. The van der Waals surface area contributed by atoms with Crippen molar-refractivity contribution in [1.29, 1.82) is 0 Å². The molecule has 1 aromatic carbocycles. The molecule has 0 aromatic heterocycles. The van der Waals surface area contributed by atoms with Gasteiger partial charge in [0.2, 0.25) is 11.8 Å². The van der Waals surface area contributed by atoms with E-state index in [0.29, 0.717) is 18.7 Å². The average Bonchev–Trinajstić information content (AvgIpc) is 2.60. The summed E-state index contributed by atoms with van der Waals surface area (Å²) < 4.78 is 0. The van der Waals surface area contributed by atoms with Crippen LogP contribution in [0.15, 0.2) is 30.3 Å². The van der Waals surface area contributed by atoms with Crippen LogP contribution < -0.4 is 5.73 Å². The van der Waals surface area contributed by atoms with Gasteiger partial charge in [-0.05, 0) is 48.4 Å². The van der Waals surface area contributed by atoms with Crippen LogP contribution in [0.4, 0.5) is 0 Å². The molecule has 0 radical (unpaired) electrons. The molecule has 0 atom stereocenters. The van der Waals surface area contributed by atoms with Crippen LogP contribution in [0.25, 0.3) is 6.08 Å². The second kappa shape index (κ2) is 7.42. The van der Waals surface area contributed by atoms with E-state index < -0.39 is 5.91 Å². The zero-order valence-corrected chi connectivity index (χ0v) is 13.5. The molecule has 2 rings (SSSR count). The molecule has 1 aliphatic rings. The summed E-state index contributed by atoms with van der Waals surface area (Å²) in [5.41, 5.74) is 6.46. The Balaban J connectivity index is 1.93. The lowest BCUT2D eigenvalue weighted by Gasteiger charge is -2.39. The van der Waals surface area contributed by atoms with Gasteiger partial charge in [-0.25, -0.2) is 0 Å². The maximum atomic E-state index is 12.2. The van der Waals surface area contributed by atoms with E-state index in [4.69, 9.17) is 5.73 Å². The minimum absolute atomic E-state index is 0.0216. The van der Waals surface area contributed by atoms with Gasteiger partial charge in [-0.3, -0.25) is 9.59 Å². The van der Waals surface area contributed by atoms with Crippen molar-refractivity contribution >= 4 is 17.9 Å². The van der Waals surface area contributed by atoms with Gasteiger partial charge in [-0.15, -0.1) is 0 Å². The van der Waals surface area contributed by atoms with Crippen LogP contribution in [-0.2, 0) is 4.79 Å². The van der Waals surface area contributed by atoms with Gasteiger partial charge < -0.3 is 15.7 Å². The maximum absolute atomic E-state index is 12.2. The summed E-state index contributed by atoms with van der Waals surface area (Å²) in [6, 6.07) is 6.80. The smallest absolute Gasteiger partial charge is 0.248 e. The summed E-state index contributed by atoms with van der Waals surface area (Å²) in [5.74, 6) is -0.486. The number of hydrogen-bond acceptors (Lipinski definition) is 3. The summed E-state index contributed by atoms with van der Waals surface area (Å²) >= 11 is 0. The van der Waals surface area contributed by atoms with Crippen molar-refractivity contribution in [3.05, 3.63) is 41.5 Å². The van der Waals surface area contributed by atoms with E-state index in [0.717, 1.165) is 24.8 Å². The summed E-state index contributed by atoms with van der Waals surface area (Å²) in [4.78, 5) is 25.1. The van der Waals surface area contributed by atoms with Gasteiger partial charge >= 0.3 is 0 Å². The van der Waals surface area contributed by atoms with E-state index in [1.165, 1.54) is 0 Å². The van der Waals surface area contributed by atoms with Gasteiger partial charge in [-0.2, -0.15) is 0 Å². The van der Waals surface area contributed by atoms with E-state index in [9.17, 15) is 14.7 Å². The zero-order chi connectivity index (χ0) is 16.9. The lowest BCUT2D eigenvalue weighted by molar-refractivity contribution is -0.128. The molecule has 124 valence electrons. The number of hydrogen-bond donors (Lipinski definition) is 2. The number of nitrogens with two attached hydrogens (primary N) is 1. The predicted molar refractivity (Wildman–Crippen MR) is 89.6 cm³/mol. The molecule has 5 nitrogen and oxygen atoms in total. The van der Waals surface area contributed by atoms with E-state index in [1.807, 2.05) is 4.90 Å². The normalized spacial score (nSPS) is 17.4. The van der Waals surface area contributed by atoms with Gasteiger partial charge in [0, 0.05) is 31.3 Å². The molecule has 1 saturated heterocycles. The van der Waals surface area contributed by atoms with Crippen molar-refractivity contribution in [3.63, 3.8) is 0 Å². The minimum atomic E-state index is -0.465. The summed E-state index contributed by atoms with van der Waals surface area (Å²) in [5, 5.41) is 9.53. The first kappa shape index (κ1) is 17.2. The van der Waals surface area contributed by atoms with Gasteiger partial charge in [0.05, 0.1) is 0 Å². The molecule has 1 aliphatic heterocycles. The van der Waals surface area contributed by atoms with Crippen LogP contribution in [0.3, 0.4) is 0 Å². The molecule has 1 heterocycles. The first-order chi connectivity index (χ1) is 11.0. The summed E-state index contributed by atoms with van der Waals surface area (Å²) in [6.07, 6.45) is 5.91. The molecule has 1 aromatic rings. The maximum Gasteiger partial charge on any atom is 0.248 e. The molecule has 0 aliphatic carbocycles. The van der Waals surface area contributed by atoms with Crippen LogP contribution in [-0.4, -0.2) is 41.5 Å². The van der Waals surface area contributed by atoms with E-state index in [-0.39, 0.29) is 17.9 Å². The Bertz CT molecular complexity index is 579. The standard InChI is InChI=1S/C18H24N2O3/c1-2-18(13-21)9-11-20(12-10-18)16(22)8-5-14-3-6-15(7-4-14)17(19)23/h3-8,21H,2,9-13H2,1H3,(H2,19,23)/b8-5+. The predicted octanol–water partition coefficient (Wildman–Crippen LogP) is 1.81. The van der Waals surface area contributed by atoms with Crippen LogP contribution >= 0.6 is 0 Å². The highest BCUT2D eigenvalue weighted by atomic mass is 16.3.